The van der Waals surface area contributed by atoms with Gasteiger partial charge in [-0.1, -0.05) is 18.2 Å². The number of rotatable bonds is 5. The third-order valence-corrected chi connectivity index (χ3v) is 5.77. The highest BCUT2D eigenvalue weighted by atomic mass is 32.1. The van der Waals surface area contributed by atoms with Gasteiger partial charge < -0.3 is 19.2 Å². The number of pyridine rings is 1. The van der Waals surface area contributed by atoms with Crippen LogP contribution in [-0.4, -0.2) is 14.7 Å². The van der Waals surface area contributed by atoms with Crippen LogP contribution in [0.2, 0.25) is 0 Å². The van der Waals surface area contributed by atoms with Crippen LogP contribution in [-0.2, 0) is 6.54 Å². The molecule has 4 aromatic rings. The van der Waals surface area contributed by atoms with Crippen molar-refractivity contribution in [2.75, 3.05) is 4.90 Å². The number of thiocarbonyl (C=S) groups is 1. The van der Waals surface area contributed by atoms with Gasteiger partial charge in [0.1, 0.15) is 11.8 Å². The minimum absolute atomic E-state index is 0.0424. The van der Waals surface area contributed by atoms with Crippen LogP contribution in [0.5, 0.6) is 0 Å². The summed E-state index contributed by atoms with van der Waals surface area (Å²) in [5, 5.41) is 4.22. The lowest BCUT2D eigenvalue weighted by Crippen LogP contribution is -2.30. The molecule has 30 heavy (non-hydrogen) atoms. The first-order valence-electron chi connectivity index (χ1n) is 9.95. The monoisotopic (exact) mass is 414 g/mol. The second-order valence-corrected chi connectivity index (χ2v) is 7.86. The maximum absolute atomic E-state index is 5.81. The van der Waals surface area contributed by atoms with Crippen LogP contribution in [0.25, 0.3) is 0 Å². The van der Waals surface area contributed by atoms with Gasteiger partial charge in [0.25, 0.3) is 0 Å². The smallest absolute Gasteiger partial charge is 0.174 e. The molecule has 1 aromatic carbocycles. The molecule has 0 bridgehead atoms. The van der Waals surface area contributed by atoms with Crippen LogP contribution in [0, 0.1) is 6.92 Å². The Balaban J connectivity index is 1.62. The first-order valence-corrected chi connectivity index (χ1v) is 10.4. The molecule has 0 radical (unpaired) electrons. The lowest BCUT2D eigenvalue weighted by atomic mass is 10.0. The zero-order valence-electron chi connectivity index (χ0n) is 16.6. The Morgan fingerprint density at radius 3 is 2.77 bits per heavy atom. The average Bonchev–Trinajstić information content (AvgIpc) is 3.49. The molecule has 1 fully saturated rings. The standard InChI is InChI=1S/C24H22N4OS/c1-17-7-4-8-18(15-17)28-23(22(26-24(28)30)20-10-2-3-12-25-20)21-11-5-13-27(21)16-19-9-6-14-29-19/h2-15,22-23H,16H2,1H3,(H,26,30)/t22-,23-/m0/s1. The van der Waals surface area contributed by atoms with Crippen molar-refractivity contribution in [2.24, 2.45) is 0 Å². The topological polar surface area (TPSA) is 46.2 Å². The van der Waals surface area contributed by atoms with Crippen molar-refractivity contribution in [3.63, 3.8) is 0 Å². The number of furan rings is 1. The molecule has 0 saturated carbocycles. The Labute approximate surface area is 181 Å². The summed E-state index contributed by atoms with van der Waals surface area (Å²) in [7, 11) is 0. The summed E-state index contributed by atoms with van der Waals surface area (Å²) in [6.07, 6.45) is 5.62. The average molecular weight is 415 g/mol. The van der Waals surface area contributed by atoms with E-state index < -0.39 is 0 Å². The zero-order valence-corrected chi connectivity index (χ0v) is 17.4. The maximum atomic E-state index is 5.81. The first kappa shape index (κ1) is 18.6. The molecule has 5 nitrogen and oxygen atoms in total. The Bertz CT molecular complexity index is 1150. The van der Waals surface area contributed by atoms with Crippen LogP contribution >= 0.6 is 12.2 Å². The van der Waals surface area contributed by atoms with Crippen LogP contribution in [0.1, 0.15) is 34.8 Å². The summed E-state index contributed by atoms with van der Waals surface area (Å²) in [6.45, 7) is 2.76. The normalized spacial score (nSPS) is 18.6. The molecular formula is C24H22N4OS. The molecule has 5 rings (SSSR count). The van der Waals surface area contributed by atoms with E-state index in [1.165, 1.54) is 5.56 Å². The lowest BCUT2D eigenvalue weighted by molar-refractivity contribution is 0.475. The van der Waals surface area contributed by atoms with Crippen molar-refractivity contribution < 1.29 is 4.42 Å². The number of aromatic nitrogens is 2. The molecule has 1 N–H and O–H groups in total. The molecule has 2 atom stereocenters. The van der Waals surface area contributed by atoms with Crippen molar-refractivity contribution in [3.05, 3.63) is 108 Å². The largest absolute Gasteiger partial charge is 0.467 e. The van der Waals surface area contributed by atoms with Gasteiger partial charge in [0.05, 0.1) is 24.5 Å². The number of hydrogen-bond acceptors (Lipinski definition) is 3. The van der Waals surface area contributed by atoms with Gasteiger partial charge in [-0.05, 0) is 73.2 Å². The van der Waals surface area contributed by atoms with E-state index in [1.807, 2.05) is 36.5 Å². The predicted octanol–water partition coefficient (Wildman–Crippen LogP) is 5.01. The fourth-order valence-corrected chi connectivity index (χ4v) is 4.47. The second-order valence-electron chi connectivity index (χ2n) is 7.48. The zero-order chi connectivity index (χ0) is 20.5. The quantitative estimate of drug-likeness (QED) is 0.465. The molecule has 1 aliphatic rings. The predicted molar refractivity (Wildman–Crippen MR) is 121 cm³/mol. The van der Waals surface area contributed by atoms with Crippen LogP contribution in [0.4, 0.5) is 5.69 Å². The van der Waals surface area contributed by atoms with Crippen molar-refractivity contribution in [1.82, 2.24) is 14.9 Å². The van der Waals surface area contributed by atoms with Crippen molar-refractivity contribution in [2.45, 2.75) is 25.6 Å². The van der Waals surface area contributed by atoms with Gasteiger partial charge in [-0.15, -0.1) is 0 Å². The van der Waals surface area contributed by atoms with E-state index in [4.69, 9.17) is 16.6 Å². The number of hydrogen-bond donors (Lipinski definition) is 1. The van der Waals surface area contributed by atoms with Crippen molar-refractivity contribution in [1.29, 1.82) is 0 Å². The van der Waals surface area contributed by atoms with Gasteiger partial charge in [-0.3, -0.25) is 4.98 Å². The molecule has 0 unspecified atom stereocenters. The van der Waals surface area contributed by atoms with E-state index in [0.29, 0.717) is 11.7 Å². The summed E-state index contributed by atoms with van der Waals surface area (Å²) in [5.74, 6) is 0.914. The molecular weight excluding hydrogens is 392 g/mol. The Kier molecular flexibility index (Phi) is 4.85. The van der Waals surface area contributed by atoms with Crippen molar-refractivity contribution in [3.8, 4) is 0 Å². The Hall–Kier alpha value is -3.38. The molecule has 1 aliphatic heterocycles. The second kappa shape index (κ2) is 7.80. The van der Waals surface area contributed by atoms with E-state index in [-0.39, 0.29) is 12.1 Å². The Morgan fingerprint density at radius 1 is 1.07 bits per heavy atom. The highest BCUT2D eigenvalue weighted by Gasteiger charge is 2.42. The fourth-order valence-electron chi connectivity index (χ4n) is 4.12. The molecule has 6 heteroatoms. The minimum atomic E-state index is -0.0653. The third kappa shape index (κ3) is 3.39. The van der Waals surface area contributed by atoms with Gasteiger partial charge in [0, 0.05) is 23.8 Å². The molecule has 4 heterocycles. The molecule has 1 saturated heterocycles. The number of nitrogens with zero attached hydrogens (tertiary/aromatic N) is 3. The number of benzene rings is 1. The van der Waals surface area contributed by atoms with E-state index in [9.17, 15) is 0 Å². The first-order chi connectivity index (χ1) is 14.7. The number of aryl methyl sites for hydroxylation is 1. The summed E-state index contributed by atoms with van der Waals surface area (Å²) >= 11 is 5.81. The van der Waals surface area contributed by atoms with Gasteiger partial charge in [-0.2, -0.15) is 0 Å². The van der Waals surface area contributed by atoms with Crippen LogP contribution in [0.3, 0.4) is 0 Å². The molecule has 3 aromatic heterocycles. The minimum Gasteiger partial charge on any atom is -0.467 e. The summed E-state index contributed by atoms with van der Waals surface area (Å²) in [5.41, 5.74) is 4.38. The van der Waals surface area contributed by atoms with Gasteiger partial charge in [0.2, 0.25) is 0 Å². The van der Waals surface area contributed by atoms with E-state index in [0.717, 1.165) is 22.8 Å². The highest BCUT2D eigenvalue weighted by Crippen LogP contribution is 2.41. The molecule has 150 valence electrons. The number of anilines is 1. The van der Waals surface area contributed by atoms with Crippen molar-refractivity contribution >= 4 is 23.0 Å². The van der Waals surface area contributed by atoms with Crippen LogP contribution < -0.4 is 10.2 Å². The van der Waals surface area contributed by atoms with E-state index >= 15 is 0 Å². The maximum Gasteiger partial charge on any atom is 0.174 e. The highest BCUT2D eigenvalue weighted by molar-refractivity contribution is 7.80. The number of nitrogens with one attached hydrogen (secondary N) is 1. The van der Waals surface area contributed by atoms with E-state index in [2.05, 4.69) is 69.3 Å². The van der Waals surface area contributed by atoms with Gasteiger partial charge >= 0.3 is 0 Å². The fraction of sp³-hybridized carbons (Fsp3) is 0.167. The Morgan fingerprint density at radius 2 is 2.00 bits per heavy atom. The molecule has 0 amide bonds. The summed E-state index contributed by atoms with van der Waals surface area (Å²) in [6, 6.07) is 22.5. The summed E-state index contributed by atoms with van der Waals surface area (Å²) < 4.78 is 7.82. The molecule has 0 spiro atoms. The lowest BCUT2D eigenvalue weighted by Gasteiger charge is -2.29. The third-order valence-electron chi connectivity index (χ3n) is 5.45. The van der Waals surface area contributed by atoms with Crippen LogP contribution in [0.15, 0.2) is 89.8 Å². The molecule has 0 aliphatic carbocycles. The summed E-state index contributed by atoms with van der Waals surface area (Å²) in [4.78, 5) is 6.83. The van der Waals surface area contributed by atoms with Gasteiger partial charge in [0.15, 0.2) is 5.11 Å². The van der Waals surface area contributed by atoms with Gasteiger partial charge in [-0.25, -0.2) is 0 Å². The SMILES string of the molecule is Cc1cccc(N2C(=S)N[C@@H](c3ccccn3)[C@@H]2c2cccn2Cc2ccco2)c1. The van der Waals surface area contributed by atoms with E-state index in [1.54, 1.807) is 6.26 Å².